The van der Waals surface area contributed by atoms with Gasteiger partial charge in [0.15, 0.2) is 5.96 Å². The Bertz CT molecular complexity index is 725. The summed E-state index contributed by atoms with van der Waals surface area (Å²) in [5.41, 5.74) is 1.75. The van der Waals surface area contributed by atoms with Gasteiger partial charge in [-0.05, 0) is 18.6 Å². The van der Waals surface area contributed by atoms with Gasteiger partial charge < -0.3 is 16.0 Å². The number of nitrogens with zero attached hydrogens (tertiary/aromatic N) is 2. The van der Waals surface area contributed by atoms with Crippen molar-refractivity contribution in [2.75, 3.05) is 25.5 Å². The second-order valence-electron chi connectivity index (χ2n) is 5.48. The molecule has 26 heavy (non-hydrogen) atoms. The molecule has 0 bridgehead atoms. The van der Waals surface area contributed by atoms with Crippen LogP contribution in [0.5, 0.6) is 0 Å². The van der Waals surface area contributed by atoms with Crippen molar-refractivity contribution in [3.05, 3.63) is 70.3 Å². The number of benzene rings is 2. The Morgan fingerprint density at radius 3 is 2.42 bits per heavy atom. The molecule has 140 valence electrons. The Morgan fingerprint density at radius 2 is 1.77 bits per heavy atom. The summed E-state index contributed by atoms with van der Waals surface area (Å²) in [7, 11) is 1.71. The lowest BCUT2D eigenvalue weighted by atomic mass is 10.1. The number of anilines is 1. The molecule has 7 nitrogen and oxygen atoms in total. The maximum absolute atomic E-state index is 11.0. The van der Waals surface area contributed by atoms with Gasteiger partial charge in [0.1, 0.15) is 5.69 Å². The normalized spacial score (nSPS) is 11.8. The number of nitro groups is 1. The molecule has 0 saturated heterocycles. The molecule has 2 aromatic rings. The van der Waals surface area contributed by atoms with Crippen molar-refractivity contribution in [2.24, 2.45) is 4.99 Å². The van der Waals surface area contributed by atoms with Crippen molar-refractivity contribution >= 4 is 41.3 Å². The monoisotopic (exact) mass is 469 g/mol. The smallest absolute Gasteiger partial charge is 0.292 e. The molecule has 2 rings (SSSR count). The largest absolute Gasteiger partial charge is 0.378 e. The summed E-state index contributed by atoms with van der Waals surface area (Å²) in [5.74, 6) is 0.681. The van der Waals surface area contributed by atoms with Crippen molar-refractivity contribution in [1.82, 2.24) is 10.6 Å². The molecule has 2 aromatic carbocycles. The maximum atomic E-state index is 11.0. The van der Waals surface area contributed by atoms with Gasteiger partial charge in [0, 0.05) is 26.2 Å². The average Bonchev–Trinajstić information content (AvgIpc) is 2.65. The first-order chi connectivity index (χ1) is 12.1. The number of halogens is 1. The Morgan fingerprint density at radius 1 is 1.12 bits per heavy atom. The number of aliphatic imine (C=N–C) groups is 1. The van der Waals surface area contributed by atoms with Gasteiger partial charge in [-0.25, -0.2) is 0 Å². The standard InChI is InChI=1S/C18H23N5O2.HI/c1-14(15-8-4-3-5-9-15)22-18(19-2)21-13-12-20-16-10-6-7-11-17(16)23(24)25;/h3-11,14,20H,12-13H2,1-2H3,(H2,19,21,22);1H. The number of nitrogens with one attached hydrogen (secondary N) is 3. The number of hydrogen-bond acceptors (Lipinski definition) is 4. The van der Waals surface area contributed by atoms with Crippen molar-refractivity contribution in [3.8, 4) is 0 Å². The minimum absolute atomic E-state index is 0. The van der Waals surface area contributed by atoms with Gasteiger partial charge in [0.25, 0.3) is 5.69 Å². The summed E-state index contributed by atoms with van der Waals surface area (Å²) >= 11 is 0. The van der Waals surface area contributed by atoms with Crippen molar-refractivity contribution in [1.29, 1.82) is 0 Å². The van der Waals surface area contributed by atoms with Gasteiger partial charge in [-0.15, -0.1) is 24.0 Å². The zero-order valence-electron chi connectivity index (χ0n) is 14.8. The first kappa shape index (κ1) is 21.7. The summed E-state index contributed by atoms with van der Waals surface area (Å²) < 4.78 is 0. The minimum atomic E-state index is -0.391. The van der Waals surface area contributed by atoms with Crippen LogP contribution in [0.1, 0.15) is 18.5 Å². The Balaban J connectivity index is 0.00000338. The lowest BCUT2D eigenvalue weighted by Crippen LogP contribution is -2.40. The van der Waals surface area contributed by atoms with Crippen LogP contribution in [0.2, 0.25) is 0 Å². The van der Waals surface area contributed by atoms with Crippen LogP contribution < -0.4 is 16.0 Å². The van der Waals surface area contributed by atoms with Crippen molar-refractivity contribution < 1.29 is 4.92 Å². The molecule has 0 fully saturated rings. The Kier molecular flexibility index (Phi) is 9.42. The molecule has 0 aliphatic carbocycles. The highest BCUT2D eigenvalue weighted by Gasteiger charge is 2.11. The van der Waals surface area contributed by atoms with Gasteiger partial charge in [-0.3, -0.25) is 15.1 Å². The van der Waals surface area contributed by atoms with Gasteiger partial charge in [-0.1, -0.05) is 42.5 Å². The second kappa shape index (κ2) is 11.3. The van der Waals surface area contributed by atoms with Crippen LogP contribution in [0, 0.1) is 10.1 Å². The summed E-state index contributed by atoms with van der Waals surface area (Å²) in [5, 5.41) is 20.6. The summed E-state index contributed by atoms with van der Waals surface area (Å²) in [6.07, 6.45) is 0. The number of rotatable bonds is 7. The predicted octanol–water partition coefficient (Wildman–Crippen LogP) is 3.55. The minimum Gasteiger partial charge on any atom is -0.378 e. The number of nitro benzene ring substituents is 1. The number of para-hydroxylation sites is 2. The molecule has 1 unspecified atom stereocenters. The van der Waals surface area contributed by atoms with E-state index in [1.807, 2.05) is 18.2 Å². The Labute approximate surface area is 170 Å². The number of hydrogen-bond donors (Lipinski definition) is 3. The molecule has 3 N–H and O–H groups in total. The van der Waals surface area contributed by atoms with E-state index in [0.29, 0.717) is 24.7 Å². The lowest BCUT2D eigenvalue weighted by Gasteiger charge is -2.18. The average molecular weight is 469 g/mol. The first-order valence-corrected chi connectivity index (χ1v) is 8.11. The van der Waals surface area contributed by atoms with Crippen LogP contribution in [0.25, 0.3) is 0 Å². The van der Waals surface area contributed by atoms with E-state index in [1.165, 1.54) is 11.6 Å². The van der Waals surface area contributed by atoms with Crippen molar-refractivity contribution in [2.45, 2.75) is 13.0 Å². The Hall–Kier alpha value is -2.36. The zero-order valence-corrected chi connectivity index (χ0v) is 17.1. The molecule has 0 radical (unpaired) electrons. The van der Waals surface area contributed by atoms with E-state index in [9.17, 15) is 10.1 Å². The summed E-state index contributed by atoms with van der Waals surface area (Å²) in [6.45, 7) is 3.17. The van der Waals surface area contributed by atoms with Crippen LogP contribution >= 0.6 is 24.0 Å². The predicted molar refractivity (Wildman–Crippen MR) is 116 cm³/mol. The fourth-order valence-electron chi connectivity index (χ4n) is 2.39. The number of guanidine groups is 1. The zero-order chi connectivity index (χ0) is 18.1. The highest BCUT2D eigenvalue weighted by molar-refractivity contribution is 14.0. The topological polar surface area (TPSA) is 91.6 Å². The van der Waals surface area contributed by atoms with Gasteiger partial charge in [-0.2, -0.15) is 0 Å². The van der Waals surface area contributed by atoms with Crippen LogP contribution in [-0.2, 0) is 0 Å². The molecule has 0 heterocycles. The lowest BCUT2D eigenvalue weighted by molar-refractivity contribution is -0.384. The van der Waals surface area contributed by atoms with Crippen LogP contribution in [0.3, 0.4) is 0 Å². The molecule has 0 aliphatic heterocycles. The molecular formula is C18H24IN5O2. The van der Waals surface area contributed by atoms with Crippen molar-refractivity contribution in [3.63, 3.8) is 0 Å². The second-order valence-corrected chi connectivity index (χ2v) is 5.48. The molecule has 1 atom stereocenters. The molecule has 0 aliphatic rings. The summed E-state index contributed by atoms with van der Waals surface area (Å²) in [6, 6.07) is 16.8. The van der Waals surface area contributed by atoms with E-state index in [-0.39, 0.29) is 35.7 Å². The molecule has 0 spiro atoms. The third-order valence-electron chi connectivity index (χ3n) is 3.71. The molecule has 0 amide bonds. The highest BCUT2D eigenvalue weighted by atomic mass is 127. The molecular weight excluding hydrogens is 445 g/mol. The van der Waals surface area contributed by atoms with Crippen LogP contribution in [0.15, 0.2) is 59.6 Å². The van der Waals surface area contributed by atoms with E-state index in [0.717, 1.165) is 0 Å². The summed E-state index contributed by atoms with van der Waals surface area (Å²) in [4.78, 5) is 14.8. The van der Waals surface area contributed by atoms with E-state index < -0.39 is 4.92 Å². The van der Waals surface area contributed by atoms with Crippen LogP contribution in [0.4, 0.5) is 11.4 Å². The SMILES string of the molecule is CN=C(NCCNc1ccccc1[N+](=O)[O-])NC(C)c1ccccc1.I. The fourth-order valence-corrected chi connectivity index (χ4v) is 2.39. The van der Waals surface area contributed by atoms with E-state index in [2.05, 4.69) is 40.0 Å². The van der Waals surface area contributed by atoms with Gasteiger partial charge in [0.05, 0.1) is 11.0 Å². The van der Waals surface area contributed by atoms with E-state index >= 15 is 0 Å². The highest BCUT2D eigenvalue weighted by Crippen LogP contribution is 2.22. The molecule has 8 heteroatoms. The van der Waals surface area contributed by atoms with E-state index in [4.69, 9.17) is 0 Å². The molecule has 0 saturated carbocycles. The van der Waals surface area contributed by atoms with Gasteiger partial charge >= 0.3 is 0 Å². The quantitative estimate of drug-likeness (QED) is 0.144. The van der Waals surface area contributed by atoms with E-state index in [1.54, 1.807) is 25.2 Å². The fraction of sp³-hybridized carbons (Fsp3) is 0.278. The third kappa shape index (κ3) is 6.51. The van der Waals surface area contributed by atoms with Crippen LogP contribution in [-0.4, -0.2) is 31.0 Å². The van der Waals surface area contributed by atoms with Gasteiger partial charge in [0.2, 0.25) is 0 Å². The first-order valence-electron chi connectivity index (χ1n) is 8.11. The third-order valence-corrected chi connectivity index (χ3v) is 3.71. The maximum Gasteiger partial charge on any atom is 0.292 e. The molecule has 0 aromatic heterocycles.